The van der Waals surface area contributed by atoms with Crippen LogP contribution < -0.4 is 5.32 Å². The molecule has 0 bridgehead atoms. The van der Waals surface area contributed by atoms with Gasteiger partial charge in [0.15, 0.2) is 5.82 Å². The molecular weight excluding hydrogens is 204 g/mol. The molecule has 16 heavy (non-hydrogen) atoms. The Balaban J connectivity index is 1.91. The average molecular weight is 224 g/mol. The third kappa shape index (κ3) is 2.80. The lowest BCUT2D eigenvalue weighted by Gasteiger charge is -2.26. The minimum atomic E-state index is 0.489. The van der Waals surface area contributed by atoms with Crippen molar-refractivity contribution in [3.63, 3.8) is 0 Å². The standard InChI is InChI=1S/C11H20N4O/c1-12-6-3-10-13-11(14-16-10)9-4-7-15(2)8-5-9/h9,12H,3-8H2,1-2H3. The van der Waals surface area contributed by atoms with Crippen LogP contribution in [0, 0.1) is 0 Å². The largest absolute Gasteiger partial charge is 0.339 e. The lowest BCUT2D eigenvalue weighted by atomic mass is 9.97. The molecule has 0 saturated carbocycles. The number of piperidine rings is 1. The number of likely N-dealkylation sites (N-methyl/N-ethyl adjacent to an activating group) is 1. The van der Waals surface area contributed by atoms with E-state index in [2.05, 4.69) is 27.4 Å². The summed E-state index contributed by atoms with van der Waals surface area (Å²) in [4.78, 5) is 6.81. The highest BCUT2D eigenvalue weighted by molar-refractivity contribution is 4.98. The summed E-state index contributed by atoms with van der Waals surface area (Å²) in [5.74, 6) is 2.14. The number of likely N-dealkylation sites (tertiary alicyclic amines) is 1. The molecule has 0 amide bonds. The van der Waals surface area contributed by atoms with Crippen LogP contribution in [-0.4, -0.2) is 48.8 Å². The van der Waals surface area contributed by atoms with Crippen molar-refractivity contribution in [2.24, 2.45) is 0 Å². The number of aromatic nitrogens is 2. The van der Waals surface area contributed by atoms with Gasteiger partial charge in [-0.15, -0.1) is 0 Å². The summed E-state index contributed by atoms with van der Waals surface area (Å²) in [6.07, 6.45) is 3.10. The minimum Gasteiger partial charge on any atom is -0.339 e. The lowest BCUT2D eigenvalue weighted by molar-refractivity contribution is 0.248. The van der Waals surface area contributed by atoms with E-state index in [-0.39, 0.29) is 0 Å². The van der Waals surface area contributed by atoms with Crippen LogP contribution in [0.3, 0.4) is 0 Å². The summed E-state index contributed by atoms with van der Waals surface area (Å²) >= 11 is 0. The molecule has 0 radical (unpaired) electrons. The lowest BCUT2D eigenvalue weighted by Crippen LogP contribution is -2.29. The fraction of sp³-hybridized carbons (Fsp3) is 0.818. The maximum Gasteiger partial charge on any atom is 0.227 e. The molecule has 0 aliphatic carbocycles. The van der Waals surface area contributed by atoms with Crippen LogP contribution in [0.5, 0.6) is 0 Å². The first-order valence-corrected chi connectivity index (χ1v) is 5.95. The summed E-state index contributed by atoms with van der Waals surface area (Å²) in [6, 6.07) is 0. The Hall–Kier alpha value is -0.940. The molecule has 1 aromatic heterocycles. The van der Waals surface area contributed by atoms with Crippen LogP contribution in [0.25, 0.3) is 0 Å². The van der Waals surface area contributed by atoms with Crippen LogP contribution in [0.1, 0.15) is 30.5 Å². The summed E-state index contributed by atoms with van der Waals surface area (Å²) in [6.45, 7) is 3.14. The summed E-state index contributed by atoms with van der Waals surface area (Å²) in [5, 5.41) is 7.16. The highest BCUT2D eigenvalue weighted by Gasteiger charge is 2.22. The van der Waals surface area contributed by atoms with Gasteiger partial charge in [-0.1, -0.05) is 5.16 Å². The Morgan fingerprint density at radius 1 is 1.44 bits per heavy atom. The highest BCUT2D eigenvalue weighted by Crippen LogP contribution is 2.24. The number of hydrogen-bond acceptors (Lipinski definition) is 5. The smallest absolute Gasteiger partial charge is 0.227 e. The molecule has 90 valence electrons. The highest BCUT2D eigenvalue weighted by atomic mass is 16.5. The maximum atomic E-state index is 5.23. The normalized spacial score (nSPS) is 19.1. The van der Waals surface area contributed by atoms with Crippen molar-refractivity contribution in [1.82, 2.24) is 20.4 Å². The van der Waals surface area contributed by atoms with Gasteiger partial charge in [0, 0.05) is 18.9 Å². The Morgan fingerprint density at radius 2 is 2.19 bits per heavy atom. The van der Waals surface area contributed by atoms with Crippen LogP contribution in [0.4, 0.5) is 0 Å². The SMILES string of the molecule is CNCCc1nc(C2CCN(C)CC2)no1. The molecule has 0 aromatic carbocycles. The van der Waals surface area contributed by atoms with Crippen molar-refractivity contribution in [2.75, 3.05) is 33.7 Å². The van der Waals surface area contributed by atoms with Crippen molar-refractivity contribution in [3.8, 4) is 0 Å². The van der Waals surface area contributed by atoms with Crippen LogP contribution in [-0.2, 0) is 6.42 Å². The first-order chi connectivity index (χ1) is 7.79. The van der Waals surface area contributed by atoms with Gasteiger partial charge in [-0.25, -0.2) is 0 Å². The van der Waals surface area contributed by atoms with Gasteiger partial charge >= 0.3 is 0 Å². The van der Waals surface area contributed by atoms with Crippen molar-refractivity contribution in [1.29, 1.82) is 0 Å². The van der Waals surface area contributed by atoms with E-state index in [0.717, 1.165) is 50.6 Å². The average Bonchev–Trinajstić information content (AvgIpc) is 2.76. The van der Waals surface area contributed by atoms with Gasteiger partial charge < -0.3 is 14.7 Å². The number of nitrogens with one attached hydrogen (secondary N) is 1. The predicted octanol–water partition coefficient (Wildman–Crippen LogP) is 0.641. The van der Waals surface area contributed by atoms with E-state index in [4.69, 9.17) is 4.52 Å². The third-order valence-electron chi connectivity index (χ3n) is 3.16. The second kappa shape index (κ2) is 5.41. The molecule has 2 heterocycles. The second-order valence-electron chi connectivity index (χ2n) is 4.48. The Kier molecular flexibility index (Phi) is 3.90. The van der Waals surface area contributed by atoms with Gasteiger partial charge in [-0.2, -0.15) is 4.98 Å². The molecule has 1 aliphatic heterocycles. The van der Waals surface area contributed by atoms with Crippen LogP contribution >= 0.6 is 0 Å². The zero-order chi connectivity index (χ0) is 11.4. The molecule has 5 heteroatoms. The number of rotatable bonds is 4. The quantitative estimate of drug-likeness (QED) is 0.813. The van der Waals surface area contributed by atoms with E-state index < -0.39 is 0 Å². The van der Waals surface area contributed by atoms with Gasteiger partial charge in [0.1, 0.15) is 0 Å². The van der Waals surface area contributed by atoms with E-state index in [0.29, 0.717) is 5.92 Å². The molecule has 5 nitrogen and oxygen atoms in total. The maximum absolute atomic E-state index is 5.23. The fourth-order valence-corrected chi connectivity index (χ4v) is 2.03. The fourth-order valence-electron chi connectivity index (χ4n) is 2.03. The van der Waals surface area contributed by atoms with Crippen molar-refractivity contribution in [2.45, 2.75) is 25.2 Å². The van der Waals surface area contributed by atoms with E-state index in [9.17, 15) is 0 Å². The van der Waals surface area contributed by atoms with Crippen molar-refractivity contribution in [3.05, 3.63) is 11.7 Å². The number of hydrogen-bond donors (Lipinski definition) is 1. The predicted molar refractivity (Wildman–Crippen MR) is 61.4 cm³/mol. The van der Waals surface area contributed by atoms with Crippen LogP contribution in [0.2, 0.25) is 0 Å². The van der Waals surface area contributed by atoms with E-state index >= 15 is 0 Å². The summed E-state index contributed by atoms with van der Waals surface area (Å²) in [5.41, 5.74) is 0. The zero-order valence-electron chi connectivity index (χ0n) is 10.1. The molecule has 1 fully saturated rings. The Morgan fingerprint density at radius 3 is 2.88 bits per heavy atom. The van der Waals surface area contributed by atoms with E-state index in [1.165, 1.54) is 0 Å². The van der Waals surface area contributed by atoms with Gasteiger partial charge in [0.2, 0.25) is 5.89 Å². The molecule has 1 aromatic rings. The van der Waals surface area contributed by atoms with Gasteiger partial charge in [0.05, 0.1) is 0 Å². The van der Waals surface area contributed by atoms with E-state index in [1.807, 2.05) is 7.05 Å². The first kappa shape index (κ1) is 11.5. The zero-order valence-corrected chi connectivity index (χ0v) is 10.1. The van der Waals surface area contributed by atoms with Gasteiger partial charge in [-0.05, 0) is 40.0 Å². The second-order valence-corrected chi connectivity index (χ2v) is 4.48. The Labute approximate surface area is 96.2 Å². The van der Waals surface area contributed by atoms with E-state index in [1.54, 1.807) is 0 Å². The van der Waals surface area contributed by atoms with Gasteiger partial charge in [-0.3, -0.25) is 0 Å². The van der Waals surface area contributed by atoms with Gasteiger partial charge in [0.25, 0.3) is 0 Å². The molecule has 0 spiro atoms. The molecular formula is C11H20N4O. The minimum absolute atomic E-state index is 0.489. The Bertz CT molecular complexity index is 318. The topological polar surface area (TPSA) is 54.2 Å². The molecule has 0 unspecified atom stereocenters. The monoisotopic (exact) mass is 224 g/mol. The summed E-state index contributed by atoms with van der Waals surface area (Å²) < 4.78 is 5.23. The van der Waals surface area contributed by atoms with Crippen molar-refractivity contribution < 1.29 is 4.52 Å². The van der Waals surface area contributed by atoms with Crippen LogP contribution in [0.15, 0.2) is 4.52 Å². The number of nitrogens with zero attached hydrogens (tertiary/aromatic N) is 3. The molecule has 0 atom stereocenters. The third-order valence-corrected chi connectivity index (χ3v) is 3.16. The van der Waals surface area contributed by atoms with Crippen molar-refractivity contribution >= 4 is 0 Å². The molecule has 1 aliphatic rings. The molecule has 1 N–H and O–H groups in total. The summed E-state index contributed by atoms with van der Waals surface area (Å²) in [7, 11) is 4.08. The first-order valence-electron chi connectivity index (χ1n) is 5.95. The molecule has 1 saturated heterocycles. The molecule has 2 rings (SSSR count).